The van der Waals surface area contributed by atoms with Crippen molar-refractivity contribution in [2.75, 3.05) is 104 Å². The second kappa shape index (κ2) is 48.5. The Morgan fingerprint density at radius 3 is 1.09 bits per heavy atom. The number of hydrogen-bond donors (Lipinski definition) is 9. The first-order valence-corrected chi connectivity index (χ1v) is 27.1. The number of halogens is 1. The average Bonchev–Trinajstić information content (AvgIpc) is 1.79. The Balaban J connectivity index is 0.00000170. The number of carbonyl (C=O) groups excluding carboxylic acids is 10. The van der Waals surface area contributed by atoms with E-state index in [9.17, 15) is 61.9 Å². The second-order valence-electron chi connectivity index (χ2n) is 17.3. The van der Waals surface area contributed by atoms with Crippen LogP contribution in [0.15, 0.2) is 97.1 Å². The Bertz CT molecular complexity index is 2910. The number of rotatable bonds is 30. The molecule has 500 valence electrons. The fourth-order valence-electron chi connectivity index (χ4n) is 6.94. The summed E-state index contributed by atoms with van der Waals surface area (Å²) in [4.78, 5) is 153. The summed E-state index contributed by atoms with van der Waals surface area (Å²) in [6, 6.07) is 23.6. The van der Waals surface area contributed by atoms with Crippen molar-refractivity contribution in [2.24, 2.45) is 0 Å². The summed E-state index contributed by atoms with van der Waals surface area (Å²) in [5.74, 6) is -3.90. The van der Waals surface area contributed by atoms with Crippen molar-refractivity contribution < 1.29 is 138 Å². The number of benzene rings is 4. The van der Waals surface area contributed by atoms with Crippen LogP contribution in [0, 0.1) is 7.43 Å². The minimum absolute atomic E-state index is 0. The molecular formula is C58H71FN8O23SW. The van der Waals surface area contributed by atoms with Crippen LogP contribution in [0.1, 0.15) is 79.6 Å². The zero-order valence-corrected chi connectivity index (χ0v) is 53.6. The van der Waals surface area contributed by atoms with Gasteiger partial charge in [0.25, 0.3) is 23.6 Å². The first-order chi connectivity index (χ1) is 43.9. The van der Waals surface area contributed by atoms with Gasteiger partial charge in [-0.3, -0.25) is 23.6 Å². The van der Waals surface area contributed by atoms with Crippen LogP contribution >= 0.6 is 12.2 Å². The number of nitrogens with zero attached hydrogens (tertiary/aromatic N) is 2. The fraction of sp³-hybridized carbons (Fsp3) is 0.345. The number of amides is 10. The quantitative estimate of drug-likeness (QED) is 0.0150. The molecule has 2 aliphatic rings. The Kier molecular flexibility index (Phi) is 42.5. The van der Waals surface area contributed by atoms with Crippen molar-refractivity contribution in [1.82, 2.24) is 31.4 Å². The van der Waals surface area contributed by atoms with Gasteiger partial charge in [0, 0.05) is 70.3 Å². The predicted molar refractivity (Wildman–Crippen MR) is 322 cm³/mol. The van der Waals surface area contributed by atoms with Crippen LogP contribution in [0.3, 0.4) is 0 Å². The monoisotopic (exact) mass is 1480 g/mol. The van der Waals surface area contributed by atoms with Gasteiger partial charge >= 0.3 is 69.2 Å². The smallest absolute Gasteiger partial charge is 0.478 e. The van der Waals surface area contributed by atoms with E-state index >= 15 is 0 Å². The number of alkyl halides is 1. The van der Waals surface area contributed by atoms with Crippen molar-refractivity contribution in [3.63, 3.8) is 0 Å². The normalized spacial score (nSPS) is 11.8. The first-order valence-electron chi connectivity index (χ1n) is 27.3. The molecule has 92 heavy (non-hydrogen) atoms. The van der Waals surface area contributed by atoms with Gasteiger partial charge in [-0.25, -0.2) is 38.4 Å². The van der Waals surface area contributed by atoms with E-state index < -0.39 is 78.9 Å². The molecule has 0 bridgehead atoms. The molecule has 0 radical (unpaired) electrons. The molecule has 0 aliphatic carbocycles. The predicted octanol–water partition coefficient (Wildman–Crippen LogP) is 4.51. The molecular weight excluding hydrogens is 1410 g/mol. The maximum atomic E-state index is 12.8. The van der Waals surface area contributed by atoms with Crippen LogP contribution in [0.5, 0.6) is 0 Å². The summed E-state index contributed by atoms with van der Waals surface area (Å²) < 4.78 is 47.1. The molecule has 10 amide bonds. The number of urea groups is 2. The molecule has 34 heteroatoms. The number of carboxylic acids is 2. The van der Waals surface area contributed by atoms with E-state index in [2.05, 4.69) is 50.0 Å². The van der Waals surface area contributed by atoms with Crippen molar-refractivity contribution in [3.05, 3.63) is 138 Å². The number of imide groups is 2. The number of aliphatic hydroxyl groups is 1. The van der Waals surface area contributed by atoms with E-state index in [-0.39, 0.29) is 180 Å². The molecule has 0 aromatic heterocycles. The summed E-state index contributed by atoms with van der Waals surface area (Å²) in [5, 5.41) is 40.7. The number of ether oxygens (including phenoxy) is 6. The Hall–Kier alpha value is -9.37. The number of aromatic carboxylic acids is 2. The zero-order chi connectivity index (χ0) is 67.3. The van der Waals surface area contributed by atoms with Crippen LogP contribution < -0.4 is 31.9 Å². The van der Waals surface area contributed by atoms with Gasteiger partial charge in [0.1, 0.15) is 13.2 Å². The molecule has 0 atom stereocenters. The molecule has 2 aliphatic heterocycles. The number of alkyl carbamates (subject to hydrolysis) is 2. The average molecular weight is 1480 g/mol. The van der Waals surface area contributed by atoms with Gasteiger partial charge in [0.05, 0.1) is 83.6 Å². The molecule has 31 nitrogen and oxygen atoms in total. The van der Waals surface area contributed by atoms with Crippen LogP contribution in [0.2, 0.25) is 0 Å². The van der Waals surface area contributed by atoms with Gasteiger partial charge in [0.15, 0.2) is 0 Å². The molecule has 2 fully saturated rings. The van der Waals surface area contributed by atoms with Crippen LogP contribution in [0.25, 0.3) is 0 Å². The topological polar surface area (TPSA) is 418 Å². The number of aliphatic hydroxyl groups excluding tert-OH is 1. The maximum Gasteiger partial charge on any atom is 2.00 e. The van der Waals surface area contributed by atoms with E-state index in [1.807, 2.05) is 60.7 Å². The Morgan fingerprint density at radius 2 is 0.783 bits per heavy atom. The number of thiocarbonyl (C=S) groups is 1. The van der Waals surface area contributed by atoms with Gasteiger partial charge in [-0.05, 0) is 47.5 Å². The number of anilines is 2. The molecule has 2 heterocycles. The van der Waals surface area contributed by atoms with E-state index in [1.54, 1.807) is 0 Å². The van der Waals surface area contributed by atoms with Crippen molar-refractivity contribution >= 4 is 101 Å². The Morgan fingerprint density at radius 1 is 0.500 bits per heavy atom. The summed E-state index contributed by atoms with van der Waals surface area (Å²) in [5.41, 5.74) is 0.437. The maximum absolute atomic E-state index is 12.8. The second-order valence-corrected chi connectivity index (χ2v) is 17.3. The van der Waals surface area contributed by atoms with E-state index in [4.69, 9.17) is 54.8 Å². The van der Waals surface area contributed by atoms with Gasteiger partial charge in [0.2, 0.25) is 0 Å². The van der Waals surface area contributed by atoms with Crippen molar-refractivity contribution in [3.8, 4) is 0 Å². The number of nitrogens with one attached hydrogen (secondary N) is 6. The van der Waals surface area contributed by atoms with Crippen LogP contribution in [-0.2, 0) is 91.6 Å². The van der Waals surface area contributed by atoms with E-state index in [0.29, 0.717) is 10.1 Å². The summed E-state index contributed by atoms with van der Waals surface area (Å²) >= 11 is 3.58. The summed E-state index contributed by atoms with van der Waals surface area (Å²) in [7, 11) is 0. The first kappa shape index (κ1) is 80.6. The standard InChI is InChI=1S/C31H33N5O13.C23H27N3O9.CH3F.CH4O.CHS.CH3.W/c37-24-6-7-25(38)35(24)48-28(41)21-16-22(29(42)49-36-26(39)8-9-27(36)40)18-23(17-21)34-30(43)32-10-12-45-14-15-46-13-11-33-31(44)47-19-20-4-2-1-3-5-20;27-20(28)17-12-18(21(29)30)14-19(13-17)26-22(31)24-6-8-33-10-11-34-9-7-25-23(32)35-15-16-4-2-1-3-5-16;3*1-2;;/h1-5,16-18H,6-15,19H2,(H,33,44)(H2,32,34,43);1-5,12-14H,6-11,15H2,(H,25,32)(H,27,28)(H,29,30)(H2,24,26,31);1H3;2H,1H3;1H;1H3;/q;;;;2*-1;+2/i;;1D;;;;. The van der Waals surface area contributed by atoms with Crippen LogP contribution in [-0.4, -0.2) is 196 Å². The third-order valence-electron chi connectivity index (χ3n) is 11.0. The van der Waals surface area contributed by atoms with Crippen LogP contribution in [0.4, 0.5) is 34.9 Å². The number of carboxylic acid groups (broad SMARTS) is 2. The molecule has 2 saturated heterocycles. The molecule has 6 rings (SSSR count). The molecule has 9 N–H and O–H groups in total. The third kappa shape index (κ3) is 32.9. The van der Waals surface area contributed by atoms with Gasteiger partial charge < -0.3 is 111 Å². The van der Waals surface area contributed by atoms with Gasteiger partial charge in [-0.15, -0.1) is 10.1 Å². The Labute approximate surface area is 548 Å². The van der Waals surface area contributed by atoms with E-state index in [0.717, 1.165) is 54.6 Å². The van der Waals surface area contributed by atoms with E-state index in [1.165, 1.54) is 0 Å². The fourth-order valence-corrected chi connectivity index (χ4v) is 6.94. The SMILES string of the molecule is CO.O=C(NCCOCCOCCNC(=O)OCc1ccccc1)Nc1cc(C(=O)O)cc(C(=O)O)c1.O=C(NCCOCCOCCNC(=O)OCc1ccccc1)Nc1cc(C(=O)ON2C(=O)CCC2=O)cc(C(=O)ON2C(=O)CCC2=O)c1.[2H]CF.[CH-]=S.[CH3-].[W+2]. The van der Waals surface area contributed by atoms with Crippen molar-refractivity contribution in [1.29, 1.82) is 0 Å². The zero-order valence-electron chi connectivity index (χ0n) is 50.8. The minimum atomic E-state index is -1.31. The molecule has 4 aromatic rings. The summed E-state index contributed by atoms with van der Waals surface area (Å²) in [6.07, 6.45) is -1.69. The number of hydrogen-bond acceptors (Lipinski definition) is 22. The van der Waals surface area contributed by atoms with Gasteiger partial charge in [-0.1, -0.05) is 60.7 Å². The minimum Gasteiger partial charge on any atom is -0.478 e. The molecule has 4 aromatic carbocycles. The number of carbonyl (C=O) groups is 12. The largest absolute Gasteiger partial charge is 2.00 e. The molecule has 0 spiro atoms. The third-order valence-corrected chi connectivity index (χ3v) is 11.0. The van der Waals surface area contributed by atoms with Crippen molar-refractivity contribution in [2.45, 2.75) is 38.9 Å². The molecule has 0 saturated carbocycles. The number of hydroxylamine groups is 4. The summed E-state index contributed by atoms with van der Waals surface area (Å²) in [6.45, 7) is 2.82. The molecule has 0 unspecified atom stereocenters. The van der Waals surface area contributed by atoms with Gasteiger partial charge in [-0.2, -0.15) is 0 Å².